The third kappa shape index (κ3) is 3.64. The first-order valence-electron chi connectivity index (χ1n) is 6.16. The Bertz CT molecular complexity index is 264. The van der Waals surface area contributed by atoms with Gasteiger partial charge in [-0.25, -0.2) is 0 Å². The van der Waals surface area contributed by atoms with Crippen LogP contribution in [0.25, 0.3) is 0 Å². The highest BCUT2D eigenvalue weighted by molar-refractivity contribution is 6.38. The minimum absolute atomic E-state index is 0.561. The maximum atomic E-state index is 9.96. The molecule has 0 saturated carbocycles. The molecular weight excluding hydrogens is 199 g/mol. The molecule has 0 fully saturated rings. The van der Waals surface area contributed by atoms with Crippen molar-refractivity contribution in [2.75, 3.05) is 0 Å². The van der Waals surface area contributed by atoms with E-state index in [9.17, 15) is 5.11 Å². The fourth-order valence-electron chi connectivity index (χ4n) is 1.63. The van der Waals surface area contributed by atoms with Gasteiger partial charge in [-0.1, -0.05) is 18.5 Å². The van der Waals surface area contributed by atoms with Gasteiger partial charge in [0.05, 0.1) is 11.2 Å². The van der Waals surface area contributed by atoms with Gasteiger partial charge in [-0.2, -0.15) is 0 Å². The topological polar surface area (TPSA) is 29.5 Å². The van der Waals surface area contributed by atoms with E-state index in [1.807, 2.05) is 21.3 Å². The van der Waals surface area contributed by atoms with E-state index in [4.69, 9.17) is 4.65 Å². The van der Waals surface area contributed by atoms with E-state index in [-0.39, 0.29) is 0 Å². The minimum atomic E-state index is -0.843. The van der Waals surface area contributed by atoms with Crippen LogP contribution in [0.4, 0.5) is 0 Å². The summed E-state index contributed by atoms with van der Waals surface area (Å²) in [5.74, 6) is 0.647. The van der Waals surface area contributed by atoms with E-state index < -0.39 is 11.2 Å². The van der Waals surface area contributed by atoms with Crippen LogP contribution in [0.15, 0.2) is 11.5 Å². The maximum Gasteiger partial charge on any atom is 0.326 e. The molecule has 16 heavy (non-hydrogen) atoms. The first-order valence-corrected chi connectivity index (χ1v) is 6.16. The molecule has 0 aromatic rings. The van der Waals surface area contributed by atoms with Gasteiger partial charge in [0.2, 0.25) is 0 Å². The predicted molar refractivity (Wildman–Crippen MR) is 68.3 cm³/mol. The molecule has 1 radical (unpaired) electrons. The lowest BCUT2D eigenvalue weighted by molar-refractivity contribution is -0.0897. The van der Waals surface area contributed by atoms with Crippen LogP contribution in [0.1, 0.15) is 53.9 Å². The van der Waals surface area contributed by atoms with Gasteiger partial charge in [0.25, 0.3) is 0 Å². The van der Waals surface area contributed by atoms with Crippen LogP contribution in [0.2, 0.25) is 0 Å². The van der Waals surface area contributed by atoms with Crippen LogP contribution >= 0.6 is 0 Å². The summed E-state index contributed by atoms with van der Waals surface area (Å²) in [6, 6.07) is 0. The van der Waals surface area contributed by atoms with Gasteiger partial charge >= 0.3 is 7.48 Å². The summed E-state index contributed by atoms with van der Waals surface area (Å²) in [6.45, 7) is 9.61. The second-order valence-corrected chi connectivity index (χ2v) is 5.92. The normalized spacial score (nSPS) is 22.9. The lowest BCUT2D eigenvalue weighted by Gasteiger charge is -2.38. The second kappa shape index (κ2) is 4.93. The zero-order valence-electron chi connectivity index (χ0n) is 11.2. The molecule has 0 spiro atoms. The summed E-state index contributed by atoms with van der Waals surface area (Å²) in [5.41, 5.74) is -0.144. The Morgan fingerprint density at radius 1 is 1.38 bits per heavy atom. The van der Waals surface area contributed by atoms with Crippen molar-refractivity contribution < 1.29 is 9.76 Å². The number of rotatable bonds is 4. The van der Waals surface area contributed by atoms with Crippen LogP contribution in [0.3, 0.4) is 0 Å². The SMILES string of the molecule is CC1C=C([B]OC(C)(C)C(C)(C)O)CCC1. The molecule has 3 heteroatoms. The average Bonchev–Trinajstić information content (AvgIpc) is 2.13. The highest BCUT2D eigenvalue weighted by Crippen LogP contribution is 2.27. The molecule has 1 N–H and O–H groups in total. The van der Waals surface area contributed by atoms with Gasteiger partial charge in [0, 0.05) is 0 Å². The molecular formula is C13H24BO2. The third-order valence-electron chi connectivity index (χ3n) is 3.60. The summed E-state index contributed by atoms with van der Waals surface area (Å²) in [5, 5.41) is 9.96. The Kier molecular flexibility index (Phi) is 4.25. The molecule has 1 atom stereocenters. The van der Waals surface area contributed by atoms with Gasteiger partial charge in [0.15, 0.2) is 0 Å². The zero-order chi connectivity index (χ0) is 12.4. The molecule has 1 rings (SSSR count). The average molecular weight is 223 g/mol. The highest BCUT2D eigenvalue weighted by atomic mass is 16.5. The Labute approximate surface area is 100 Å². The van der Waals surface area contributed by atoms with Crippen LogP contribution in [-0.4, -0.2) is 23.8 Å². The standard InChI is InChI=1S/C13H24BO2/c1-10-7-6-8-11(9-10)14-16-13(4,5)12(2,3)15/h9-10,15H,6-8H2,1-5H3. The lowest BCUT2D eigenvalue weighted by Crippen LogP contribution is -2.48. The molecule has 0 aromatic heterocycles. The van der Waals surface area contributed by atoms with Crippen LogP contribution in [0.5, 0.6) is 0 Å². The van der Waals surface area contributed by atoms with E-state index in [0.29, 0.717) is 5.92 Å². The van der Waals surface area contributed by atoms with Gasteiger partial charge < -0.3 is 9.76 Å². The first kappa shape index (κ1) is 13.8. The number of allylic oxidation sites excluding steroid dienone is 2. The van der Waals surface area contributed by atoms with E-state index in [0.717, 1.165) is 6.42 Å². The Morgan fingerprint density at radius 3 is 2.50 bits per heavy atom. The summed E-state index contributed by atoms with van der Waals surface area (Å²) >= 11 is 0. The summed E-state index contributed by atoms with van der Waals surface area (Å²) < 4.78 is 5.74. The van der Waals surface area contributed by atoms with Crippen molar-refractivity contribution in [2.45, 2.75) is 65.1 Å². The fourth-order valence-corrected chi connectivity index (χ4v) is 1.63. The van der Waals surface area contributed by atoms with Crippen molar-refractivity contribution >= 4 is 7.48 Å². The quantitative estimate of drug-likeness (QED) is 0.742. The maximum absolute atomic E-state index is 9.96. The Hall–Kier alpha value is -0.275. The zero-order valence-corrected chi connectivity index (χ0v) is 11.2. The molecule has 0 amide bonds. The molecule has 0 saturated heterocycles. The molecule has 0 aromatic carbocycles. The van der Waals surface area contributed by atoms with E-state index >= 15 is 0 Å². The fraction of sp³-hybridized carbons (Fsp3) is 0.846. The highest BCUT2D eigenvalue weighted by Gasteiger charge is 2.35. The van der Waals surface area contributed by atoms with E-state index in [1.54, 1.807) is 13.8 Å². The molecule has 2 nitrogen and oxygen atoms in total. The van der Waals surface area contributed by atoms with Crippen LogP contribution in [0, 0.1) is 5.92 Å². The molecule has 1 aliphatic carbocycles. The summed E-state index contributed by atoms with van der Waals surface area (Å²) in [6.07, 6.45) is 5.86. The van der Waals surface area contributed by atoms with Crippen molar-refractivity contribution in [1.82, 2.24) is 0 Å². The number of hydrogen-bond donors (Lipinski definition) is 1. The van der Waals surface area contributed by atoms with E-state index in [1.165, 1.54) is 18.3 Å². The molecule has 1 aliphatic rings. The van der Waals surface area contributed by atoms with Crippen molar-refractivity contribution in [1.29, 1.82) is 0 Å². The van der Waals surface area contributed by atoms with Crippen molar-refractivity contribution in [3.8, 4) is 0 Å². The van der Waals surface area contributed by atoms with E-state index in [2.05, 4.69) is 13.0 Å². The number of aliphatic hydroxyl groups is 1. The van der Waals surface area contributed by atoms with Gasteiger partial charge in [0.1, 0.15) is 0 Å². The second-order valence-electron chi connectivity index (χ2n) is 5.92. The van der Waals surface area contributed by atoms with Gasteiger partial charge in [-0.3, -0.25) is 0 Å². The monoisotopic (exact) mass is 223 g/mol. The van der Waals surface area contributed by atoms with Gasteiger partial charge in [-0.05, 0) is 52.9 Å². The van der Waals surface area contributed by atoms with Crippen molar-refractivity contribution in [3.05, 3.63) is 11.5 Å². The molecule has 1 unspecified atom stereocenters. The molecule has 91 valence electrons. The molecule has 0 heterocycles. The minimum Gasteiger partial charge on any atom is -0.427 e. The van der Waals surface area contributed by atoms with Crippen LogP contribution < -0.4 is 0 Å². The van der Waals surface area contributed by atoms with Crippen molar-refractivity contribution in [2.24, 2.45) is 5.92 Å². The predicted octanol–water partition coefficient (Wildman–Crippen LogP) is 2.88. The Morgan fingerprint density at radius 2 is 2.00 bits per heavy atom. The largest absolute Gasteiger partial charge is 0.427 e. The summed E-state index contributed by atoms with van der Waals surface area (Å²) in [4.78, 5) is 0. The van der Waals surface area contributed by atoms with Crippen LogP contribution in [-0.2, 0) is 4.65 Å². The Balaban J connectivity index is 2.51. The smallest absolute Gasteiger partial charge is 0.326 e. The number of hydrogen-bond acceptors (Lipinski definition) is 2. The summed E-state index contributed by atoms with van der Waals surface area (Å²) in [7, 11) is 1.83. The third-order valence-corrected chi connectivity index (χ3v) is 3.60. The lowest BCUT2D eigenvalue weighted by atomic mass is 9.75. The molecule has 0 bridgehead atoms. The van der Waals surface area contributed by atoms with Crippen molar-refractivity contribution in [3.63, 3.8) is 0 Å². The first-order chi connectivity index (χ1) is 7.22. The van der Waals surface area contributed by atoms with Gasteiger partial charge in [-0.15, -0.1) is 0 Å². The molecule has 0 aliphatic heterocycles.